The lowest BCUT2D eigenvalue weighted by Crippen LogP contribution is -2.03. The van der Waals surface area contributed by atoms with E-state index in [-0.39, 0.29) is 0 Å². The van der Waals surface area contributed by atoms with Gasteiger partial charge >= 0.3 is 0 Å². The van der Waals surface area contributed by atoms with E-state index < -0.39 is 29.1 Å². The minimum atomic E-state index is -1.63. The van der Waals surface area contributed by atoms with Gasteiger partial charge in [0.15, 0.2) is 0 Å². The van der Waals surface area contributed by atoms with Crippen LogP contribution in [0.3, 0.4) is 0 Å². The van der Waals surface area contributed by atoms with Crippen molar-refractivity contribution in [3.63, 3.8) is 0 Å². The first-order chi connectivity index (χ1) is 8.58. The van der Waals surface area contributed by atoms with E-state index in [1.165, 1.54) is 11.3 Å². The second kappa shape index (κ2) is 5.25. The fraction of sp³-hybridized carbons (Fsp3) is 0.0769. The van der Waals surface area contributed by atoms with Gasteiger partial charge in [0.05, 0.1) is 10.4 Å². The van der Waals surface area contributed by atoms with Crippen LogP contribution >= 0.6 is 11.3 Å². The van der Waals surface area contributed by atoms with E-state index in [2.05, 4.69) is 11.8 Å². The normalized spacial score (nSPS) is 11.8. The van der Waals surface area contributed by atoms with Gasteiger partial charge in [-0.25, -0.2) is 13.2 Å². The standard InChI is InChI=1S/C13H7F3OS/c14-8-6-10(15)13(11(16)7-8)12(17)4-3-9-2-1-5-18-9/h1-2,5-7,12,17H. The summed E-state index contributed by atoms with van der Waals surface area (Å²) in [6.45, 7) is 0. The number of benzene rings is 1. The summed E-state index contributed by atoms with van der Waals surface area (Å²) >= 11 is 1.34. The molecule has 92 valence electrons. The molecule has 0 radical (unpaired) electrons. The maximum atomic E-state index is 13.3. The van der Waals surface area contributed by atoms with Crippen molar-refractivity contribution in [3.05, 3.63) is 57.5 Å². The topological polar surface area (TPSA) is 20.2 Å². The molecule has 2 aromatic rings. The highest BCUT2D eigenvalue weighted by molar-refractivity contribution is 7.10. The third-order valence-corrected chi connectivity index (χ3v) is 2.96. The van der Waals surface area contributed by atoms with Crippen molar-refractivity contribution in [1.29, 1.82) is 0 Å². The van der Waals surface area contributed by atoms with Crippen molar-refractivity contribution in [2.24, 2.45) is 0 Å². The van der Waals surface area contributed by atoms with Gasteiger partial charge in [-0.15, -0.1) is 11.3 Å². The molecule has 0 saturated heterocycles. The molecule has 1 N–H and O–H groups in total. The largest absolute Gasteiger partial charge is 0.376 e. The smallest absolute Gasteiger partial charge is 0.146 e. The molecule has 1 unspecified atom stereocenters. The Hall–Kier alpha value is -1.77. The molecule has 0 aliphatic rings. The zero-order valence-corrected chi connectivity index (χ0v) is 9.77. The summed E-state index contributed by atoms with van der Waals surface area (Å²) in [6.07, 6.45) is -1.63. The second-order valence-corrected chi connectivity index (χ2v) is 4.38. The van der Waals surface area contributed by atoms with E-state index in [1.807, 2.05) is 0 Å². The maximum Gasteiger partial charge on any atom is 0.146 e. The molecule has 0 spiro atoms. The van der Waals surface area contributed by atoms with Crippen LogP contribution in [0.25, 0.3) is 0 Å². The van der Waals surface area contributed by atoms with Crippen molar-refractivity contribution < 1.29 is 18.3 Å². The van der Waals surface area contributed by atoms with Gasteiger partial charge in [0, 0.05) is 12.1 Å². The van der Waals surface area contributed by atoms with E-state index in [0.29, 0.717) is 17.0 Å². The fourth-order valence-electron chi connectivity index (χ4n) is 1.38. The zero-order valence-electron chi connectivity index (χ0n) is 8.95. The molecule has 0 saturated carbocycles. The predicted molar refractivity (Wildman–Crippen MR) is 62.5 cm³/mol. The Bertz CT molecular complexity index is 588. The fourth-order valence-corrected chi connectivity index (χ4v) is 1.95. The van der Waals surface area contributed by atoms with Crippen molar-refractivity contribution in [1.82, 2.24) is 0 Å². The Balaban J connectivity index is 2.32. The number of aliphatic hydroxyl groups is 1. The summed E-state index contributed by atoms with van der Waals surface area (Å²) in [5, 5.41) is 11.4. The first-order valence-corrected chi connectivity index (χ1v) is 5.83. The van der Waals surface area contributed by atoms with Gasteiger partial charge in [-0.3, -0.25) is 0 Å². The molecule has 0 fully saturated rings. The van der Waals surface area contributed by atoms with Crippen molar-refractivity contribution >= 4 is 11.3 Å². The van der Waals surface area contributed by atoms with Crippen LogP contribution in [0.5, 0.6) is 0 Å². The summed E-state index contributed by atoms with van der Waals surface area (Å²) in [5.74, 6) is 1.56. The molecule has 1 nitrogen and oxygen atoms in total. The van der Waals surface area contributed by atoms with Crippen LogP contribution in [0.4, 0.5) is 13.2 Å². The van der Waals surface area contributed by atoms with E-state index >= 15 is 0 Å². The van der Waals surface area contributed by atoms with E-state index in [9.17, 15) is 18.3 Å². The highest BCUT2D eigenvalue weighted by atomic mass is 32.1. The van der Waals surface area contributed by atoms with Crippen LogP contribution in [0.1, 0.15) is 16.5 Å². The van der Waals surface area contributed by atoms with Gasteiger partial charge in [0.25, 0.3) is 0 Å². The van der Waals surface area contributed by atoms with Crippen molar-refractivity contribution in [3.8, 4) is 11.8 Å². The summed E-state index contributed by atoms with van der Waals surface area (Å²) < 4.78 is 39.3. The van der Waals surface area contributed by atoms with Crippen LogP contribution in [-0.4, -0.2) is 5.11 Å². The Morgan fingerprint density at radius 1 is 1.17 bits per heavy atom. The molecular weight excluding hydrogens is 261 g/mol. The quantitative estimate of drug-likeness (QED) is 0.787. The SMILES string of the molecule is OC(C#Cc1cccs1)c1c(F)cc(F)cc1F. The first-order valence-electron chi connectivity index (χ1n) is 4.95. The highest BCUT2D eigenvalue weighted by Gasteiger charge is 2.17. The Morgan fingerprint density at radius 3 is 2.39 bits per heavy atom. The Labute approximate surface area is 106 Å². The van der Waals surface area contributed by atoms with Crippen LogP contribution in [0, 0.1) is 29.3 Å². The molecule has 0 aliphatic heterocycles. The molecule has 0 aliphatic carbocycles. The Kier molecular flexibility index (Phi) is 3.70. The van der Waals surface area contributed by atoms with Gasteiger partial charge in [-0.2, -0.15) is 0 Å². The number of thiophene rings is 1. The lowest BCUT2D eigenvalue weighted by molar-refractivity contribution is 0.226. The summed E-state index contributed by atoms with van der Waals surface area (Å²) in [5.41, 5.74) is -0.638. The van der Waals surface area contributed by atoms with Crippen LogP contribution < -0.4 is 0 Å². The van der Waals surface area contributed by atoms with Crippen molar-refractivity contribution in [2.45, 2.75) is 6.10 Å². The molecule has 5 heteroatoms. The van der Waals surface area contributed by atoms with Crippen LogP contribution in [0.15, 0.2) is 29.6 Å². The van der Waals surface area contributed by atoms with Gasteiger partial charge in [-0.05, 0) is 11.4 Å². The average molecular weight is 268 g/mol. The molecule has 1 atom stereocenters. The van der Waals surface area contributed by atoms with Crippen LogP contribution in [-0.2, 0) is 0 Å². The van der Waals surface area contributed by atoms with Gasteiger partial charge < -0.3 is 5.11 Å². The van der Waals surface area contributed by atoms with Gasteiger partial charge in [0.1, 0.15) is 23.6 Å². The molecule has 1 aromatic carbocycles. The summed E-state index contributed by atoms with van der Waals surface area (Å²) in [7, 11) is 0. The second-order valence-electron chi connectivity index (χ2n) is 3.43. The van der Waals surface area contributed by atoms with E-state index in [4.69, 9.17) is 0 Å². The average Bonchev–Trinajstić information content (AvgIpc) is 2.77. The zero-order chi connectivity index (χ0) is 13.1. The van der Waals surface area contributed by atoms with Gasteiger partial charge in [0.2, 0.25) is 0 Å². The van der Waals surface area contributed by atoms with Crippen molar-refractivity contribution in [2.75, 3.05) is 0 Å². The van der Waals surface area contributed by atoms with E-state index in [0.717, 1.165) is 0 Å². The number of halogens is 3. The molecule has 0 amide bonds. The van der Waals surface area contributed by atoms with Gasteiger partial charge in [-0.1, -0.05) is 17.9 Å². The molecule has 1 aromatic heterocycles. The number of rotatable bonds is 1. The monoisotopic (exact) mass is 268 g/mol. The Morgan fingerprint density at radius 2 is 1.83 bits per heavy atom. The number of aliphatic hydroxyl groups excluding tert-OH is 1. The number of hydrogen-bond donors (Lipinski definition) is 1. The lowest BCUT2D eigenvalue weighted by atomic mass is 10.1. The first kappa shape index (κ1) is 12.7. The minimum Gasteiger partial charge on any atom is -0.376 e. The molecule has 2 rings (SSSR count). The van der Waals surface area contributed by atoms with Crippen LogP contribution in [0.2, 0.25) is 0 Å². The highest BCUT2D eigenvalue weighted by Crippen LogP contribution is 2.21. The predicted octanol–water partition coefficient (Wildman–Crippen LogP) is 3.25. The maximum absolute atomic E-state index is 13.3. The minimum absolute atomic E-state index is 0.508. The van der Waals surface area contributed by atoms with E-state index in [1.54, 1.807) is 17.5 Å². The third kappa shape index (κ3) is 2.73. The molecule has 18 heavy (non-hydrogen) atoms. The molecular formula is C13H7F3OS. The molecule has 1 heterocycles. The third-order valence-electron chi connectivity index (χ3n) is 2.17. The lowest BCUT2D eigenvalue weighted by Gasteiger charge is -2.06. The summed E-state index contributed by atoms with van der Waals surface area (Å²) in [4.78, 5) is 0.664. The summed E-state index contributed by atoms with van der Waals surface area (Å²) in [6, 6.07) is 4.49. The molecule has 0 bridgehead atoms. The number of hydrogen-bond acceptors (Lipinski definition) is 2.